The fraction of sp³-hybridized carbons (Fsp3) is 0.148. The average Bonchev–Trinajstić information content (AvgIpc) is 3.20. The summed E-state index contributed by atoms with van der Waals surface area (Å²) >= 11 is 0. The summed E-state index contributed by atoms with van der Waals surface area (Å²) in [6.45, 7) is 3.03. The topological polar surface area (TPSA) is 17.8 Å². The Hall–Kier alpha value is -3.39. The molecule has 0 aliphatic carbocycles. The molecule has 1 unspecified atom stereocenters. The van der Waals surface area contributed by atoms with Crippen LogP contribution in [0.1, 0.15) is 40.3 Å². The maximum Gasteiger partial charge on any atom is 0.0953 e. The summed E-state index contributed by atoms with van der Waals surface area (Å²) in [6, 6.07) is 30.0. The summed E-state index contributed by atoms with van der Waals surface area (Å²) in [4.78, 5) is 4.36. The maximum atomic E-state index is 4.36. The van der Waals surface area contributed by atoms with Gasteiger partial charge in [-0.05, 0) is 41.7 Å². The van der Waals surface area contributed by atoms with Gasteiger partial charge >= 0.3 is 0 Å². The highest BCUT2D eigenvalue weighted by molar-refractivity contribution is 5.46. The van der Waals surface area contributed by atoms with E-state index in [0.29, 0.717) is 5.92 Å². The second kappa shape index (κ2) is 9.20. The van der Waals surface area contributed by atoms with Crippen LogP contribution < -0.4 is 0 Å². The average molecular weight is 379 g/mol. The van der Waals surface area contributed by atoms with E-state index < -0.39 is 0 Å². The van der Waals surface area contributed by atoms with Gasteiger partial charge in [0.25, 0.3) is 0 Å². The van der Waals surface area contributed by atoms with Crippen LogP contribution in [0.4, 0.5) is 0 Å². The van der Waals surface area contributed by atoms with E-state index in [0.717, 1.165) is 18.7 Å². The number of aryl methyl sites for hydroxylation is 1. The van der Waals surface area contributed by atoms with Crippen molar-refractivity contribution in [3.05, 3.63) is 131 Å². The quantitative estimate of drug-likeness (QED) is 0.360. The van der Waals surface area contributed by atoms with E-state index >= 15 is 0 Å². The van der Waals surface area contributed by atoms with E-state index in [1.54, 1.807) is 0 Å². The number of rotatable bonds is 7. The normalized spacial score (nSPS) is 12.3. The summed E-state index contributed by atoms with van der Waals surface area (Å²) in [6.07, 6.45) is 9.27. The van der Waals surface area contributed by atoms with Crippen LogP contribution in [0.2, 0.25) is 0 Å². The lowest BCUT2D eigenvalue weighted by atomic mass is 9.86. The van der Waals surface area contributed by atoms with Gasteiger partial charge in [-0.1, -0.05) is 91.0 Å². The molecule has 2 heteroatoms. The molecule has 29 heavy (non-hydrogen) atoms. The van der Waals surface area contributed by atoms with Gasteiger partial charge in [-0.3, -0.25) is 0 Å². The monoisotopic (exact) mass is 378 g/mol. The zero-order valence-electron chi connectivity index (χ0n) is 16.8. The fourth-order valence-electron chi connectivity index (χ4n) is 3.81. The fourth-order valence-corrected chi connectivity index (χ4v) is 3.81. The Morgan fingerprint density at radius 2 is 1.55 bits per heavy atom. The Labute approximate surface area is 173 Å². The third-order valence-corrected chi connectivity index (χ3v) is 5.37. The van der Waals surface area contributed by atoms with Crippen molar-refractivity contribution in [2.75, 3.05) is 0 Å². The molecule has 0 radical (unpaired) electrons. The van der Waals surface area contributed by atoms with Crippen molar-refractivity contribution in [2.24, 2.45) is 0 Å². The number of benzene rings is 3. The number of hydrogen-bond donors (Lipinski definition) is 0. The van der Waals surface area contributed by atoms with E-state index in [2.05, 4.69) is 107 Å². The van der Waals surface area contributed by atoms with Crippen LogP contribution in [0, 0.1) is 6.92 Å². The SMILES string of the molecule is Cc1ccccc1C(C/C=C/c1cncn1Cc1ccccc1)c1ccccc1. The van der Waals surface area contributed by atoms with Gasteiger partial charge in [-0.25, -0.2) is 4.98 Å². The summed E-state index contributed by atoms with van der Waals surface area (Å²) in [5.74, 6) is 0.346. The van der Waals surface area contributed by atoms with Crippen LogP contribution in [0.3, 0.4) is 0 Å². The van der Waals surface area contributed by atoms with Crippen LogP contribution in [-0.2, 0) is 6.54 Å². The molecule has 0 fully saturated rings. The second-order valence-electron chi connectivity index (χ2n) is 7.39. The first-order chi connectivity index (χ1) is 14.3. The first-order valence-electron chi connectivity index (χ1n) is 10.1. The second-order valence-corrected chi connectivity index (χ2v) is 7.39. The summed E-state index contributed by atoms with van der Waals surface area (Å²) in [7, 11) is 0. The molecule has 2 nitrogen and oxygen atoms in total. The van der Waals surface area contributed by atoms with Crippen molar-refractivity contribution in [1.82, 2.24) is 9.55 Å². The van der Waals surface area contributed by atoms with E-state index in [9.17, 15) is 0 Å². The van der Waals surface area contributed by atoms with E-state index in [1.165, 1.54) is 22.3 Å². The van der Waals surface area contributed by atoms with Gasteiger partial charge in [0.05, 0.1) is 18.2 Å². The predicted octanol–water partition coefficient (Wildman–Crippen LogP) is 6.48. The Kier molecular flexibility index (Phi) is 6.01. The molecule has 0 bridgehead atoms. The lowest BCUT2D eigenvalue weighted by molar-refractivity contribution is 0.787. The van der Waals surface area contributed by atoms with Crippen molar-refractivity contribution >= 4 is 6.08 Å². The van der Waals surface area contributed by atoms with E-state index in [1.807, 2.05) is 18.6 Å². The van der Waals surface area contributed by atoms with Gasteiger partial charge in [-0.2, -0.15) is 0 Å². The molecule has 144 valence electrons. The Bertz CT molecular complexity index is 1060. The molecule has 0 spiro atoms. The van der Waals surface area contributed by atoms with Crippen LogP contribution in [0.25, 0.3) is 6.08 Å². The van der Waals surface area contributed by atoms with Crippen molar-refractivity contribution in [3.8, 4) is 0 Å². The van der Waals surface area contributed by atoms with Crippen molar-refractivity contribution < 1.29 is 0 Å². The molecule has 1 aromatic heterocycles. The number of aromatic nitrogens is 2. The summed E-state index contributed by atoms with van der Waals surface area (Å²) in [5.41, 5.74) is 6.49. The lowest BCUT2D eigenvalue weighted by Crippen LogP contribution is -2.02. The number of hydrogen-bond acceptors (Lipinski definition) is 1. The molecular formula is C27H26N2. The zero-order valence-corrected chi connectivity index (χ0v) is 16.8. The van der Waals surface area contributed by atoms with E-state index in [4.69, 9.17) is 0 Å². The third-order valence-electron chi connectivity index (χ3n) is 5.37. The highest BCUT2D eigenvalue weighted by Crippen LogP contribution is 2.30. The molecule has 1 atom stereocenters. The number of imidazole rings is 1. The smallest absolute Gasteiger partial charge is 0.0953 e. The highest BCUT2D eigenvalue weighted by Gasteiger charge is 2.14. The molecule has 1 heterocycles. The molecule has 0 amide bonds. The van der Waals surface area contributed by atoms with Crippen LogP contribution in [0.15, 0.2) is 104 Å². The van der Waals surface area contributed by atoms with Crippen LogP contribution in [0.5, 0.6) is 0 Å². The zero-order chi connectivity index (χ0) is 19.9. The Balaban J connectivity index is 1.55. The van der Waals surface area contributed by atoms with Crippen LogP contribution in [-0.4, -0.2) is 9.55 Å². The van der Waals surface area contributed by atoms with E-state index in [-0.39, 0.29) is 0 Å². The standard InChI is InChI=1S/C27H26N2/c1-22-11-8-9-17-26(22)27(24-14-6-3-7-15-24)18-10-16-25-19-28-21-29(25)20-23-12-4-2-5-13-23/h2-17,19,21,27H,18,20H2,1H3/b16-10+. The highest BCUT2D eigenvalue weighted by atomic mass is 15.0. The van der Waals surface area contributed by atoms with Gasteiger partial charge in [0.1, 0.15) is 0 Å². The molecule has 4 aromatic rings. The minimum absolute atomic E-state index is 0.346. The maximum absolute atomic E-state index is 4.36. The molecule has 0 aliphatic heterocycles. The first-order valence-corrected chi connectivity index (χ1v) is 10.1. The van der Waals surface area contributed by atoms with Crippen molar-refractivity contribution in [1.29, 1.82) is 0 Å². The molecule has 0 saturated carbocycles. The molecule has 4 rings (SSSR count). The van der Waals surface area contributed by atoms with Gasteiger partial charge in [0.15, 0.2) is 0 Å². The van der Waals surface area contributed by atoms with Gasteiger partial charge in [-0.15, -0.1) is 0 Å². The predicted molar refractivity (Wildman–Crippen MR) is 121 cm³/mol. The number of allylic oxidation sites excluding steroid dienone is 1. The van der Waals surface area contributed by atoms with Crippen molar-refractivity contribution in [2.45, 2.75) is 25.8 Å². The van der Waals surface area contributed by atoms with Gasteiger partial charge < -0.3 is 4.57 Å². The summed E-state index contributed by atoms with van der Waals surface area (Å²) in [5, 5.41) is 0. The molecule has 0 saturated heterocycles. The molecule has 0 N–H and O–H groups in total. The minimum Gasteiger partial charge on any atom is -0.327 e. The Morgan fingerprint density at radius 1 is 0.862 bits per heavy atom. The minimum atomic E-state index is 0.346. The summed E-state index contributed by atoms with van der Waals surface area (Å²) < 4.78 is 2.19. The Morgan fingerprint density at radius 3 is 2.31 bits per heavy atom. The van der Waals surface area contributed by atoms with Crippen molar-refractivity contribution in [3.63, 3.8) is 0 Å². The number of nitrogens with zero attached hydrogens (tertiary/aromatic N) is 2. The van der Waals surface area contributed by atoms with Gasteiger partial charge in [0, 0.05) is 12.5 Å². The van der Waals surface area contributed by atoms with Gasteiger partial charge in [0.2, 0.25) is 0 Å². The molecule has 3 aromatic carbocycles. The van der Waals surface area contributed by atoms with Crippen LogP contribution >= 0.6 is 0 Å². The largest absolute Gasteiger partial charge is 0.327 e. The molecular weight excluding hydrogens is 352 g/mol. The third kappa shape index (κ3) is 4.72. The lowest BCUT2D eigenvalue weighted by Gasteiger charge is -2.18. The first kappa shape index (κ1) is 18.9. The molecule has 0 aliphatic rings.